The molecule has 1 rings (SSSR count). The molecule has 0 spiro atoms. The van der Waals surface area contributed by atoms with Crippen LogP contribution in [-0.2, 0) is 4.79 Å². The van der Waals surface area contributed by atoms with E-state index >= 15 is 0 Å². The molecule has 1 atom stereocenters. The van der Waals surface area contributed by atoms with Crippen LogP contribution in [0.1, 0.15) is 19.8 Å². The number of primary amides is 1. The van der Waals surface area contributed by atoms with E-state index in [9.17, 15) is 4.79 Å². The normalized spacial score (nSPS) is 22.1. The molecule has 0 aromatic carbocycles. The first-order valence-electron chi connectivity index (χ1n) is 5.33. The predicted octanol–water partition coefficient (Wildman–Crippen LogP) is -0.208. The van der Waals surface area contributed by atoms with Gasteiger partial charge >= 0.3 is 0 Å². The van der Waals surface area contributed by atoms with Crippen LogP contribution in [0, 0.1) is 5.92 Å². The summed E-state index contributed by atoms with van der Waals surface area (Å²) < 4.78 is 0. The zero-order valence-electron chi connectivity index (χ0n) is 9.12. The van der Waals surface area contributed by atoms with Crippen LogP contribution in [0.5, 0.6) is 0 Å². The molecule has 1 aliphatic rings. The van der Waals surface area contributed by atoms with E-state index < -0.39 is 0 Å². The topological polar surface area (TPSA) is 58.4 Å². The van der Waals surface area contributed by atoms with Crippen molar-refractivity contribution in [3.8, 4) is 0 Å². The van der Waals surface area contributed by atoms with Crippen LogP contribution in [-0.4, -0.2) is 43.5 Å². The minimum absolute atomic E-state index is 0.106. The van der Waals surface area contributed by atoms with E-state index in [-0.39, 0.29) is 11.9 Å². The van der Waals surface area contributed by atoms with Crippen molar-refractivity contribution in [2.45, 2.75) is 25.8 Å². The van der Waals surface area contributed by atoms with Crippen molar-refractivity contribution in [1.29, 1.82) is 0 Å². The van der Waals surface area contributed by atoms with Gasteiger partial charge in [-0.15, -0.1) is 0 Å². The van der Waals surface area contributed by atoms with E-state index in [1.54, 1.807) is 0 Å². The number of carbonyl (C=O) groups excluding carboxylic acids is 1. The highest BCUT2D eigenvalue weighted by atomic mass is 16.1. The molecule has 3 N–H and O–H groups in total. The van der Waals surface area contributed by atoms with Crippen LogP contribution in [0.4, 0.5) is 0 Å². The average Bonchev–Trinajstić information content (AvgIpc) is 2.18. The van der Waals surface area contributed by atoms with Crippen LogP contribution < -0.4 is 11.1 Å². The number of likely N-dealkylation sites (tertiary alicyclic amines) is 1. The molecule has 1 unspecified atom stereocenters. The van der Waals surface area contributed by atoms with E-state index in [1.807, 2.05) is 14.0 Å². The molecule has 0 aliphatic carbocycles. The summed E-state index contributed by atoms with van der Waals surface area (Å²) in [4.78, 5) is 13.1. The summed E-state index contributed by atoms with van der Waals surface area (Å²) in [6.07, 6.45) is 2.33. The van der Waals surface area contributed by atoms with E-state index in [1.165, 1.54) is 12.8 Å². The third-order valence-corrected chi connectivity index (χ3v) is 3.10. The van der Waals surface area contributed by atoms with Crippen molar-refractivity contribution in [2.75, 3.05) is 26.7 Å². The van der Waals surface area contributed by atoms with Gasteiger partial charge in [-0.2, -0.15) is 0 Å². The Bertz CT molecular complexity index is 188. The lowest BCUT2D eigenvalue weighted by Gasteiger charge is -2.34. The Balaban J connectivity index is 2.31. The van der Waals surface area contributed by atoms with Crippen molar-refractivity contribution in [2.24, 2.45) is 11.7 Å². The van der Waals surface area contributed by atoms with Crippen LogP contribution >= 0.6 is 0 Å². The Morgan fingerprint density at radius 3 is 2.57 bits per heavy atom. The molecule has 4 nitrogen and oxygen atoms in total. The average molecular weight is 199 g/mol. The summed E-state index contributed by atoms with van der Waals surface area (Å²) in [5.41, 5.74) is 5.27. The second kappa shape index (κ2) is 5.32. The molecular weight excluding hydrogens is 178 g/mol. The first-order chi connectivity index (χ1) is 6.65. The summed E-state index contributed by atoms with van der Waals surface area (Å²) in [5, 5.41) is 3.19. The molecule has 1 saturated heterocycles. The Hall–Kier alpha value is -0.610. The maximum atomic E-state index is 11.0. The van der Waals surface area contributed by atoms with Gasteiger partial charge in [-0.3, -0.25) is 9.69 Å². The number of rotatable bonds is 4. The van der Waals surface area contributed by atoms with E-state index in [0.717, 1.165) is 25.6 Å². The van der Waals surface area contributed by atoms with Gasteiger partial charge in [0.1, 0.15) is 0 Å². The van der Waals surface area contributed by atoms with Gasteiger partial charge in [-0.1, -0.05) is 0 Å². The third-order valence-electron chi connectivity index (χ3n) is 3.10. The number of nitrogens with two attached hydrogens (primary N) is 1. The Morgan fingerprint density at radius 2 is 2.14 bits per heavy atom. The first kappa shape index (κ1) is 11.5. The van der Waals surface area contributed by atoms with Crippen molar-refractivity contribution in [3.05, 3.63) is 0 Å². The fraction of sp³-hybridized carbons (Fsp3) is 0.900. The molecule has 0 radical (unpaired) electrons. The molecule has 14 heavy (non-hydrogen) atoms. The van der Waals surface area contributed by atoms with E-state index in [2.05, 4.69) is 10.2 Å². The number of hydrogen-bond acceptors (Lipinski definition) is 3. The number of nitrogens with zero attached hydrogens (tertiary/aromatic N) is 1. The lowest BCUT2D eigenvalue weighted by molar-refractivity contribution is -0.123. The van der Waals surface area contributed by atoms with Gasteiger partial charge in [-0.05, 0) is 52.4 Å². The van der Waals surface area contributed by atoms with E-state index in [4.69, 9.17) is 5.73 Å². The largest absolute Gasteiger partial charge is 0.368 e. The molecule has 0 aromatic rings. The standard InChI is InChI=1S/C10H21N3O/c1-8(10(11)14)13-5-3-9(4-6-13)7-12-2/h8-9,12H,3-7H2,1-2H3,(H2,11,14). The van der Waals surface area contributed by atoms with Crippen molar-refractivity contribution in [1.82, 2.24) is 10.2 Å². The summed E-state index contributed by atoms with van der Waals surface area (Å²) in [6.45, 7) is 4.96. The van der Waals surface area contributed by atoms with Gasteiger partial charge in [0.05, 0.1) is 6.04 Å². The fourth-order valence-electron chi connectivity index (χ4n) is 2.01. The minimum Gasteiger partial charge on any atom is -0.368 e. The molecular formula is C10H21N3O. The van der Waals surface area contributed by atoms with Crippen LogP contribution in [0.2, 0.25) is 0 Å². The Morgan fingerprint density at radius 1 is 1.57 bits per heavy atom. The van der Waals surface area contributed by atoms with E-state index in [0.29, 0.717) is 0 Å². The molecule has 4 heteroatoms. The zero-order chi connectivity index (χ0) is 10.6. The molecule has 82 valence electrons. The monoisotopic (exact) mass is 199 g/mol. The highest BCUT2D eigenvalue weighted by Gasteiger charge is 2.24. The zero-order valence-corrected chi connectivity index (χ0v) is 9.12. The Labute approximate surface area is 85.8 Å². The number of hydrogen-bond donors (Lipinski definition) is 2. The quantitative estimate of drug-likeness (QED) is 0.659. The van der Waals surface area contributed by atoms with Gasteiger partial charge in [0.2, 0.25) is 5.91 Å². The fourth-order valence-corrected chi connectivity index (χ4v) is 2.01. The molecule has 1 fully saturated rings. The molecule has 0 bridgehead atoms. The van der Waals surface area contributed by atoms with Crippen LogP contribution in [0.3, 0.4) is 0 Å². The van der Waals surface area contributed by atoms with Gasteiger partial charge in [0.15, 0.2) is 0 Å². The highest BCUT2D eigenvalue weighted by Crippen LogP contribution is 2.17. The number of amides is 1. The lowest BCUT2D eigenvalue weighted by atomic mass is 9.96. The molecule has 1 aliphatic heterocycles. The van der Waals surface area contributed by atoms with Crippen molar-refractivity contribution < 1.29 is 4.79 Å². The first-order valence-corrected chi connectivity index (χ1v) is 5.33. The smallest absolute Gasteiger partial charge is 0.234 e. The molecule has 1 amide bonds. The predicted molar refractivity (Wildman–Crippen MR) is 56.9 cm³/mol. The van der Waals surface area contributed by atoms with Crippen molar-refractivity contribution in [3.63, 3.8) is 0 Å². The molecule has 0 aromatic heterocycles. The Kier molecular flexibility index (Phi) is 4.35. The number of nitrogens with one attached hydrogen (secondary N) is 1. The summed E-state index contributed by atoms with van der Waals surface area (Å²) in [6, 6.07) is -0.106. The van der Waals surface area contributed by atoms with Gasteiger partial charge < -0.3 is 11.1 Å². The second-order valence-corrected chi connectivity index (χ2v) is 4.12. The van der Waals surface area contributed by atoms with Crippen LogP contribution in [0.15, 0.2) is 0 Å². The summed E-state index contributed by atoms with van der Waals surface area (Å²) >= 11 is 0. The maximum Gasteiger partial charge on any atom is 0.234 e. The second-order valence-electron chi connectivity index (χ2n) is 4.12. The SMILES string of the molecule is CNCC1CCN(C(C)C(N)=O)CC1. The number of piperidine rings is 1. The summed E-state index contributed by atoms with van der Waals surface area (Å²) in [7, 11) is 1.98. The minimum atomic E-state index is -0.211. The molecule has 0 saturated carbocycles. The van der Waals surface area contributed by atoms with Gasteiger partial charge in [0, 0.05) is 0 Å². The lowest BCUT2D eigenvalue weighted by Crippen LogP contribution is -2.47. The summed E-state index contributed by atoms with van der Waals surface area (Å²) in [5.74, 6) is 0.549. The molecule has 1 heterocycles. The van der Waals surface area contributed by atoms with Crippen molar-refractivity contribution >= 4 is 5.91 Å². The highest BCUT2D eigenvalue weighted by molar-refractivity contribution is 5.79. The maximum absolute atomic E-state index is 11.0. The van der Waals surface area contributed by atoms with Gasteiger partial charge in [-0.25, -0.2) is 0 Å². The number of carbonyl (C=O) groups is 1. The van der Waals surface area contributed by atoms with Crippen LogP contribution in [0.25, 0.3) is 0 Å². The third kappa shape index (κ3) is 2.96. The van der Waals surface area contributed by atoms with Gasteiger partial charge in [0.25, 0.3) is 0 Å².